The molecule has 6 unspecified atom stereocenters. The van der Waals surface area contributed by atoms with Gasteiger partial charge in [-0.25, -0.2) is 5.32 Å². The minimum Gasteiger partial charge on any atom is -0.495 e. The summed E-state index contributed by atoms with van der Waals surface area (Å²) in [5.41, 5.74) is 9.15. The molecule has 4 aliphatic rings. The van der Waals surface area contributed by atoms with Crippen LogP contribution in [0.2, 0.25) is 0 Å². The number of fused-ring (bicyclic) bond motifs is 3. The number of carbonyl (C=O) groups is 2. The number of halogens is 1. The van der Waals surface area contributed by atoms with Gasteiger partial charge in [0, 0.05) is 43.7 Å². The lowest BCUT2D eigenvalue weighted by Gasteiger charge is -2.44. The molecule has 2 aromatic rings. The number of benzene rings is 2. The number of methoxy groups -OCH3 is 1. The number of primary amides is 1. The third-order valence-electron chi connectivity index (χ3n) is 10.6. The number of hydrogen-bond acceptors (Lipinski definition) is 8. The highest BCUT2D eigenvalue weighted by Crippen LogP contribution is 2.52. The lowest BCUT2D eigenvalue weighted by molar-refractivity contribution is -0.859. The molecule has 0 bridgehead atoms. The first kappa shape index (κ1) is 32.4. The average Bonchev–Trinajstić information content (AvgIpc) is 3.45. The first-order chi connectivity index (χ1) is 22.2. The Bertz CT molecular complexity index is 1460. The maximum atomic E-state index is 12.6. The van der Waals surface area contributed by atoms with Crippen LogP contribution in [-0.2, 0) is 4.79 Å². The van der Waals surface area contributed by atoms with Gasteiger partial charge in [0.25, 0.3) is 5.91 Å². The molecule has 0 radical (unpaired) electrons. The van der Waals surface area contributed by atoms with E-state index >= 15 is 0 Å². The van der Waals surface area contributed by atoms with Gasteiger partial charge in [-0.1, -0.05) is 25.1 Å². The summed E-state index contributed by atoms with van der Waals surface area (Å²) in [5.74, 6) is -0.0701. The van der Waals surface area contributed by atoms with Crippen molar-refractivity contribution < 1.29 is 18.8 Å². The average molecular weight is 652 g/mol. The number of likely N-dealkylation sites (N-methyl/N-ethyl adjacent to an activating group) is 1. The lowest BCUT2D eigenvalue weighted by atomic mass is 10.1. The van der Waals surface area contributed by atoms with Gasteiger partial charge in [0.05, 0.1) is 29.7 Å². The molecule has 1 spiro atoms. The number of anilines is 4. The number of hydrogen-bond donors (Lipinski definition) is 5. The second-order valence-corrected chi connectivity index (χ2v) is 13.9. The highest BCUT2D eigenvalue weighted by atomic mass is 35.5. The Morgan fingerprint density at radius 2 is 1.83 bits per heavy atom. The molecule has 1 aliphatic carbocycles. The van der Waals surface area contributed by atoms with Gasteiger partial charge in [-0.3, -0.25) is 14.1 Å². The van der Waals surface area contributed by atoms with Crippen LogP contribution in [-0.4, -0.2) is 98.0 Å². The lowest BCUT2D eigenvalue weighted by Crippen LogP contribution is -2.69. The van der Waals surface area contributed by atoms with Gasteiger partial charge in [0.15, 0.2) is 0 Å². The summed E-state index contributed by atoms with van der Waals surface area (Å²) in [4.78, 5) is 29.4. The molecule has 4 fully saturated rings. The van der Waals surface area contributed by atoms with E-state index in [-0.39, 0.29) is 23.7 Å². The van der Waals surface area contributed by atoms with Gasteiger partial charge in [-0.05, 0) is 57.6 Å². The third kappa shape index (κ3) is 6.13. The molecule has 248 valence electrons. The molecule has 0 aromatic heterocycles. The van der Waals surface area contributed by atoms with E-state index in [1.165, 1.54) is 25.3 Å². The predicted molar refractivity (Wildman–Crippen MR) is 184 cm³/mol. The summed E-state index contributed by atoms with van der Waals surface area (Å²) in [5, 5.41) is 13.9. The predicted octanol–water partition coefficient (Wildman–Crippen LogP) is 3.93. The number of para-hydroxylation sites is 1. The number of carbonyl (C=O) groups excluding carboxylic acids is 2. The molecular weight excluding hydrogens is 604 g/mol. The topological polar surface area (TPSA) is 124 Å². The Labute approximate surface area is 277 Å². The Kier molecular flexibility index (Phi) is 9.38. The van der Waals surface area contributed by atoms with Crippen molar-refractivity contribution in [3.8, 4) is 5.75 Å². The Morgan fingerprint density at radius 1 is 1.09 bits per heavy atom. The van der Waals surface area contributed by atoms with Crippen LogP contribution in [0.15, 0.2) is 49.1 Å². The number of nitrogens with one attached hydrogen (secondary N) is 4. The van der Waals surface area contributed by atoms with Crippen LogP contribution in [0.3, 0.4) is 0 Å². The maximum absolute atomic E-state index is 12.6. The third-order valence-corrected chi connectivity index (χ3v) is 10.9. The molecule has 2 aromatic carbocycles. The van der Waals surface area contributed by atoms with Gasteiger partial charge in [0.2, 0.25) is 12.2 Å². The van der Waals surface area contributed by atoms with Crippen LogP contribution < -0.4 is 36.6 Å². The van der Waals surface area contributed by atoms with E-state index in [4.69, 9.17) is 22.1 Å². The van der Waals surface area contributed by atoms with Crippen LogP contribution in [0, 0.1) is 0 Å². The van der Waals surface area contributed by atoms with Crippen LogP contribution in [0.1, 0.15) is 48.9 Å². The number of rotatable bonds is 10. The fourth-order valence-electron chi connectivity index (χ4n) is 8.09. The van der Waals surface area contributed by atoms with Crippen molar-refractivity contribution in [1.82, 2.24) is 10.2 Å². The van der Waals surface area contributed by atoms with E-state index in [1.807, 2.05) is 24.3 Å². The summed E-state index contributed by atoms with van der Waals surface area (Å²) in [7, 11) is 5.88. The van der Waals surface area contributed by atoms with Crippen molar-refractivity contribution in [2.45, 2.75) is 74.5 Å². The number of quaternary nitrogens is 1. The molecule has 3 heterocycles. The standard InChI is InChI=1S/C34H47ClN8O3/c1-5-31(44)37-25-17-26(30(46-4)18-27(25)42-16-15-21(19-42)41(2)3)39-34-40-33(38-24-12-10-9-11-22(24)32(36)45)23(35)20-43(34)28-13-7-6-8-14-29(28)43/h5,9-12,17-18,21,23,28-29,33-34,39-40H,1,6-8,13-16,19-20H2,2-4H3,(H3-,36,37,38,44,45)/p+1. The van der Waals surface area contributed by atoms with E-state index in [0.717, 1.165) is 54.8 Å². The summed E-state index contributed by atoms with van der Waals surface area (Å²) < 4.78 is 6.83. The largest absolute Gasteiger partial charge is 0.495 e. The second-order valence-electron chi connectivity index (χ2n) is 13.3. The van der Waals surface area contributed by atoms with Gasteiger partial charge >= 0.3 is 0 Å². The van der Waals surface area contributed by atoms with E-state index in [0.29, 0.717) is 40.8 Å². The number of alkyl halides is 1. The van der Waals surface area contributed by atoms with Gasteiger partial charge in [0.1, 0.15) is 35.9 Å². The van der Waals surface area contributed by atoms with E-state index in [9.17, 15) is 9.59 Å². The van der Waals surface area contributed by atoms with Crippen molar-refractivity contribution in [1.29, 1.82) is 0 Å². The zero-order valence-electron chi connectivity index (χ0n) is 27.1. The number of nitrogens with two attached hydrogens (primary N) is 1. The fraction of sp³-hybridized carbons (Fsp3) is 0.529. The van der Waals surface area contributed by atoms with Gasteiger partial charge in [-0.15, -0.1) is 11.6 Å². The van der Waals surface area contributed by atoms with Crippen LogP contribution in [0.5, 0.6) is 5.75 Å². The molecule has 1 saturated carbocycles. The Hall–Kier alpha value is -3.51. The minimum atomic E-state index is -0.495. The van der Waals surface area contributed by atoms with Crippen molar-refractivity contribution in [3.63, 3.8) is 0 Å². The monoisotopic (exact) mass is 651 g/mol. The molecule has 3 saturated heterocycles. The smallest absolute Gasteiger partial charge is 0.250 e. The van der Waals surface area contributed by atoms with Crippen molar-refractivity contribution >= 4 is 46.2 Å². The molecule has 3 aliphatic heterocycles. The molecule has 6 N–H and O–H groups in total. The summed E-state index contributed by atoms with van der Waals surface area (Å²) >= 11 is 7.17. The SMILES string of the molecule is C=CC(=O)Nc1cc(NC2NC(Nc3ccccc3C(N)=O)C(Cl)C[N+]23C2CCCCCC23)c(OC)cc1N1CCC(N(C)C)C1. The number of amides is 2. The molecule has 6 rings (SSSR count). The van der Waals surface area contributed by atoms with Crippen LogP contribution >= 0.6 is 11.6 Å². The highest BCUT2D eigenvalue weighted by Gasteiger charge is 2.71. The normalized spacial score (nSPS) is 30.3. The molecule has 11 nitrogen and oxygen atoms in total. The first-order valence-electron chi connectivity index (χ1n) is 16.4. The number of ether oxygens (including phenoxy) is 1. The highest BCUT2D eigenvalue weighted by molar-refractivity contribution is 6.21. The van der Waals surface area contributed by atoms with Crippen molar-refractivity contribution in [3.05, 3.63) is 54.6 Å². The molecule has 12 heteroatoms. The van der Waals surface area contributed by atoms with Gasteiger partial charge < -0.3 is 36.2 Å². The number of nitrogens with zero attached hydrogens (tertiary/aromatic N) is 3. The van der Waals surface area contributed by atoms with Crippen LogP contribution in [0.25, 0.3) is 0 Å². The molecule has 6 atom stereocenters. The zero-order valence-corrected chi connectivity index (χ0v) is 27.9. The van der Waals surface area contributed by atoms with E-state index < -0.39 is 5.91 Å². The molecule has 46 heavy (non-hydrogen) atoms. The maximum Gasteiger partial charge on any atom is 0.250 e. The molecule has 2 amide bonds. The first-order valence-corrected chi connectivity index (χ1v) is 16.9. The Balaban J connectivity index is 1.35. The van der Waals surface area contributed by atoms with Crippen LogP contribution in [0.4, 0.5) is 22.7 Å². The van der Waals surface area contributed by atoms with E-state index in [1.54, 1.807) is 19.2 Å². The fourth-order valence-corrected chi connectivity index (χ4v) is 8.47. The molecular formula is C34H48ClN8O3+. The summed E-state index contributed by atoms with van der Waals surface area (Å²) in [6.45, 7) is 6.17. The quantitative estimate of drug-likeness (QED) is 0.113. The van der Waals surface area contributed by atoms with Crippen molar-refractivity contribution in [2.75, 3.05) is 61.7 Å². The van der Waals surface area contributed by atoms with Gasteiger partial charge in [-0.2, -0.15) is 0 Å². The van der Waals surface area contributed by atoms with E-state index in [2.05, 4.69) is 51.7 Å². The summed E-state index contributed by atoms with van der Waals surface area (Å²) in [6, 6.07) is 12.7. The van der Waals surface area contributed by atoms with Crippen molar-refractivity contribution in [2.24, 2.45) is 5.73 Å². The second kappa shape index (κ2) is 13.3. The summed E-state index contributed by atoms with van der Waals surface area (Å²) in [6.07, 6.45) is 7.81. The zero-order chi connectivity index (χ0) is 32.6. The minimum absolute atomic E-state index is 0.200. The Morgan fingerprint density at radius 3 is 2.48 bits per heavy atom.